The van der Waals surface area contributed by atoms with Gasteiger partial charge in [-0.2, -0.15) is 0 Å². The highest BCUT2D eigenvalue weighted by molar-refractivity contribution is 5.96. The van der Waals surface area contributed by atoms with Gasteiger partial charge in [0.25, 0.3) is 0 Å². The third-order valence-electron chi connectivity index (χ3n) is 3.33. The maximum Gasteiger partial charge on any atom is 0.241 e. The molecule has 1 aliphatic rings. The van der Waals surface area contributed by atoms with Crippen LogP contribution in [0.25, 0.3) is 0 Å². The molecule has 4 heteroatoms. The summed E-state index contributed by atoms with van der Waals surface area (Å²) in [6.45, 7) is 4.66. The lowest BCUT2D eigenvalue weighted by atomic mass is 10.0. The van der Waals surface area contributed by atoms with Gasteiger partial charge in [-0.1, -0.05) is 12.5 Å². The van der Waals surface area contributed by atoms with Crippen LogP contribution < -0.4 is 10.6 Å². The average molecular weight is 248 g/mol. The van der Waals surface area contributed by atoms with Crippen molar-refractivity contribution in [3.63, 3.8) is 0 Å². The first-order valence-electron chi connectivity index (χ1n) is 6.42. The molecule has 0 radical (unpaired) electrons. The SMILES string of the molecule is Cc1cc(C)c(O)c(NC(=O)[C@H]2CCCCN2)c1. The third kappa shape index (κ3) is 2.82. The van der Waals surface area contributed by atoms with Crippen LogP contribution >= 0.6 is 0 Å². The molecule has 0 bridgehead atoms. The first-order chi connectivity index (χ1) is 8.58. The Balaban J connectivity index is 2.11. The van der Waals surface area contributed by atoms with E-state index < -0.39 is 0 Å². The molecule has 0 aliphatic carbocycles. The van der Waals surface area contributed by atoms with E-state index in [-0.39, 0.29) is 17.7 Å². The summed E-state index contributed by atoms with van der Waals surface area (Å²) in [6.07, 6.45) is 3.06. The Labute approximate surface area is 107 Å². The number of aromatic hydroxyl groups is 1. The van der Waals surface area contributed by atoms with Crippen LogP contribution in [0, 0.1) is 13.8 Å². The number of piperidine rings is 1. The summed E-state index contributed by atoms with van der Waals surface area (Å²) < 4.78 is 0. The molecule has 1 heterocycles. The number of phenols is 1. The Morgan fingerprint density at radius 3 is 2.83 bits per heavy atom. The third-order valence-corrected chi connectivity index (χ3v) is 3.33. The maximum atomic E-state index is 12.1. The minimum Gasteiger partial charge on any atom is -0.505 e. The molecule has 1 atom stereocenters. The van der Waals surface area contributed by atoms with Crippen LogP contribution in [-0.4, -0.2) is 23.6 Å². The van der Waals surface area contributed by atoms with Gasteiger partial charge in [0.1, 0.15) is 5.75 Å². The van der Waals surface area contributed by atoms with Crippen molar-refractivity contribution >= 4 is 11.6 Å². The average Bonchev–Trinajstić information content (AvgIpc) is 2.36. The quantitative estimate of drug-likeness (QED) is 0.702. The Morgan fingerprint density at radius 1 is 1.39 bits per heavy atom. The number of anilines is 1. The van der Waals surface area contributed by atoms with Gasteiger partial charge in [-0.15, -0.1) is 0 Å². The van der Waals surface area contributed by atoms with Crippen molar-refractivity contribution in [2.45, 2.75) is 39.2 Å². The minimum absolute atomic E-state index is 0.0602. The summed E-state index contributed by atoms with van der Waals surface area (Å²) >= 11 is 0. The van der Waals surface area contributed by atoms with E-state index in [0.717, 1.165) is 36.9 Å². The van der Waals surface area contributed by atoms with Crippen LogP contribution in [0.3, 0.4) is 0 Å². The lowest BCUT2D eigenvalue weighted by Crippen LogP contribution is -2.43. The number of amides is 1. The molecule has 0 aromatic heterocycles. The fourth-order valence-corrected chi connectivity index (χ4v) is 2.35. The Kier molecular flexibility index (Phi) is 3.87. The Bertz CT molecular complexity index is 451. The molecular formula is C14H20N2O2. The van der Waals surface area contributed by atoms with E-state index >= 15 is 0 Å². The molecule has 3 N–H and O–H groups in total. The Hall–Kier alpha value is -1.55. The molecule has 1 amide bonds. The largest absolute Gasteiger partial charge is 0.505 e. The van der Waals surface area contributed by atoms with Crippen LogP contribution in [-0.2, 0) is 4.79 Å². The van der Waals surface area contributed by atoms with Crippen molar-refractivity contribution in [2.75, 3.05) is 11.9 Å². The Morgan fingerprint density at radius 2 is 2.17 bits per heavy atom. The van der Waals surface area contributed by atoms with Gasteiger partial charge >= 0.3 is 0 Å². The summed E-state index contributed by atoms with van der Waals surface area (Å²) in [7, 11) is 0. The van der Waals surface area contributed by atoms with Crippen LogP contribution in [0.5, 0.6) is 5.75 Å². The lowest BCUT2D eigenvalue weighted by Gasteiger charge is -2.23. The summed E-state index contributed by atoms with van der Waals surface area (Å²) in [5.41, 5.74) is 2.31. The van der Waals surface area contributed by atoms with E-state index in [9.17, 15) is 9.90 Å². The standard InChI is InChI=1S/C14H20N2O2/c1-9-7-10(2)13(17)12(8-9)16-14(18)11-5-3-4-6-15-11/h7-8,11,15,17H,3-6H2,1-2H3,(H,16,18)/t11-/m1/s1. The van der Waals surface area contributed by atoms with Gasteiger partial charge in [0.05, 0.1) is 11.7 Å². The highest BCUT2D eigenvalue weighted by Gasteiger charge is 2.21. The van der Waals surface area contributed by atoms with Gasteiger partial charge in [0, 0.05) is 0 Å². The van der Waals surface area contributed by atoms with Gasteiger partial charge in [-0.25, -0.2) is 0 Å². The predicted octanol–water partition coefficient (Wildman–Crippen LogP) is 2.09. The van der Waals surface area contributed by atoms with Gasteiger partial charge in [0.15, 0.2) is 0 Å². The van der Waals surface area contributed by atoms with Crippen LogP contribution in [0.15, 0.2) is 12.1 Å². The van der Waals surface area contributed by atoms with E-state index in [2.05, 4.69) is 10.6 Å². The number of carbonyl (C=O) groups is 1. The number of rotatable bonds is 2. The number of hydrogen-bond donors (Lipinski definition) is 3. The number of hydrogen-bond acceptors (Lipinski definition) is 3. The summed E-state index contributed by atoms with van der Waals surface area (Å²) in [5, 5.41) is 15.9. The molecule has 1 saturated heterocycles. The molecule has 1 fully saturated rings. The first-order valence-corrected chi connectivity index (χ1v) is 6.42. The molecule has 1 aliphatic heterocycles. The van der Waals surface area contributed by atoms with Crippen molar-refractivity contribution in [3.8, 4) is 5.75 Å². The van der Waals surface area contributed by atoms with Crippen molar-refractivity contribution in [1.29, 1.82) is 0 Å². The minimum atomic E-state index is -0.140. The molecular weight excluding hydrogens is 228 g/mol. The molecule has 1 aromatic rings. The molecule has 98 valence electrons. The van der Waals surface area contributed by atoms with Crippen molar-refractivity contribution in [3.05, 3.63) is 23.3 Å². The van der Waals surface area contributed by atoms with E-state index in [1.54, 1.807) is 6.07 Å². The molecule has 0 spiro atoms. The zero-order valence-corrected chi connectivity index (χ0v) is 10.9. The lowest BCUT2D eigenvalue weighted by molar-refractivity contribution is -0.118. The molecule has 18 heavy (non-hydrogen) atoms. The van der Waals surface area contributed by atoms with E-state index in [1.807, 2.05) is 19.9 Å². The topological polar surface area (TPSA) is 61.4 Å². The molecule has 1 aromatic carbocycles. The summed E-state index contributed by atoms with van der Waals surface area (Å²) in [4.78, 5) is 12.1. The van der Waals surface area contributed by atoms with Gasteiger partial charge in [0.2, 0.25) is 5.91 Å². The number of phenolic OH excluding ortho intramolecular Hbond substituents is 1. The van der Waals surface area contributed by atoms with E-state index in [0.29, 0.717) is 5.69 Å². The smallest absolute Gasteiger partial charge is 0.241 e. The molecule has 0 unspecified atom stereocenters. The number of benzene rings is 1. The second-order valence-corrected chi connectivity index (χ2v) is 4.97. The molecule has 0 saturated carbocycles. The summed E-state index contributed by atoms with van der Waals surface area (Å²) in [6, 6.07) is 3.55. The molecule has 2 rings (SSSR count). The number of aryl methyl sites for hydroxylation is 2. The maximum absolute atomic E-state index is 12.1. The first kappa shape index (κ1) is 12.9. The highest BCUT2D eigenvalue weighted by atomic mass is 16.3. The number of carbonyl (C=O) groups excluding carboxylic acids is 1. The second-order valence-electron chi connectivity index (χ2n) is 4.97. The van der Waals surface area contributed by atoms with Crippen molar-refractivity contribution in [2.24, 2.45) is 0 Å². The summed E-state index contributed by atoms with van der Waals surface area (Å²) in [5.74, 6) is 0.0970. The highest BCUT2D eigenvalue weighted by Crippen LogP contribution is 2.28. The second kappa shape index (κ2) is 5.40. The van der Waals surface area contributed by atoms with Crippen LogP contribution in [0.1, 0.15) is 30.4 Å². The van der Waals surface area contributed by atoms with Crippen LogP contribution in [0.2, 0.25) is 0 Å². The van der Waals surface area contributed by atoms with Gasteiger partial charge in [-0.05, 0) is 50.4 Å². The normalized spacial score (nSPS) is 19.6. The predicted molar refractivity (Wildman–Crippen MR) is 71.9 cm³/mol. The number of nitrogens with one attached hydrogen (secondary N) is 2. The molecule has 4 nitrogen and oxygen atoms in total. The zero-order chi connectivity index (χ0) is 13.1. The zero-order valence-electron chi connectivity index (χ0n) is 10.9. The fraction of sp³-hybridized carbons (Fsp3) is 0.500. The van der Waals surface area contributed by atoms with E-state index in [1.165, 1.54) is 0 Å². The van der Waals surface area contributed by atoms with Crippen molar-refractivity contribution < 1.29 is 9.90 Å². The van der Waals surface area contributed by atoms with E-state index in [4.69, 9.17) is 0 Å². The monoisotopic (exact) mass is 248 g/mol. The van der Waals surface area contributed by atoms with Crippen molar-refractivity contribution in [1.82, 2.24) is 5.32 Å². The van der Waals surface area contributed by atoms with Gasteiger partial charge in [-0.3, -0.25) is 4.79 Å². The van der Waals surface area contributed by atoms with Crippen LogP contribution in [0.4, 0.5) is 5.69 Å². The fourth-order valence-electron chi connectivity index (χ4n) is 2.35. The van der Waals surface area contributed by atoms with Gasteiger partial charge < -0.3 is 15.7 Å².